The van der Waals surface area contributed by atoms with E-state index >= 15 is 0 Å². The largest absolute Gasteiger partial charge is 0.299 e. The van der Waals surface area contributed by atoms with Crippen molar-refractivity contribution >= 4 is 0 Å². The molecular formula is C18H25N5O. The Kier molecular flexibility index (Phi) is 5.37. The van der Waals surface area contributed by atoms with E-state index < -0.39 is 0 Å². The van der Waals surface area contributed by atoms with Gasteiger partial charge >= 0.3 is 0 Å². The van der Waals surface area contributed by atoms with Crippen LogP contribution in [0.25, 0.3) is 11.3 Å². The minimum absolute atomic E-state index is 0.0524. The molecule has 6 heteroatoms. The summed E-state index contributed by atoms with van der Waals surface area (Å²) in [6.07, 6.45) is 3.50. The first-order valence-corrected chi connectivity index (χ1v) is 8.58. The van der Waals surface area contributed by atoms with Gasteiger partial charge in [-0.05, 0) is 32.0 Å². The van der Waals surface area contributed by atoms with Crippen molar-refractivity contribution in [2.24, 2.45) is 0 Å². The first kappa shape index (κ1) is 16.8. The van der Waals surface area contributed by atoms with Crippen molar-refractivity contribution in [2.45, 2.75) is 26.4 Å². The number of hydrogen-bond donors (Lipinski definition) is 0. The van der Waals surface area contributed by atoms with Crippen molar-refractivity contribution in [3.8, 4) is 11.3 Å². The van der Waals surface area contributed by atoms with Crippen molar-refractivity contribution in [1.82, 2.24) is 24.6 Å². The maximum absolute atomic E-state index is 12.1. The summed E-state index contributed by atoms with van der Waals surface area (Å²) in [5, 5.41) is 4.50. The van der Waals surface area contributed by atoms with Gasteiger partial charge in [-0.1, -0.05) is 0 Å². The van der Waals surface area contributed by atoms with Gasteiger partial charge in [-0.25, -0.2) is 4.68 Å². The summed E-state index contributed by atoms with van der Waals surface area (Å²) in [7, 11) is 0. The zero-order valence-corrected chi connectivity index (χ0v) is 14.4. The second-order valence-electron chi connectivity index (χ2n) is 6.49. The summed E-state index contributed by atoms with van der Waals surface area (Å²) in [6, 6.07) is 7.78. The predicted octanol–water partition coefficient (Wildman–Crippen LogP) is 1.33. The average Bonchev–Trinajstić information content (AvgIpc) is 2.62. The van der Waals surface area contributed by atoms with E-state index in [0.717, 1.165) is 44.0 Å². The predicted molar refractivity (Wildman–Crippen MR) is 94.9 cm³/mol. The summed E-state index contributed by atoms with van der Waals surface area (Å²) in [5.74, 6) is 0. The number of pyridine rings is 1. The Morgan fingerprint density at radius 3 is 2.54 bits per heavy atom. The number of piperazine rings is 1. The first-order valence-electron chi connectivity index (χ1n) is 8.58. The summed E-state index contributed by atoms with van der Waals surface area (Å²) >= 11 is 0. The molecule has 0 N–H and O–H groups in total. The zero-order chi connectivity index (χ0) is 16.9. The quantitative estimate of drug-likeness (QED) is 0.829. The molecular weight excluding hydrogens is 302 g/mol. The fraction of sp³-hybridized carbons (Fsp3) is 0.500. The molecule has 6 nitrogen and oxygen atoms in total. The SMILES string of the molecule is CC(C)N1CCN(CCn2nc(-c3cccnc3)ccc2=O)CC1. The van der Waals surface area contributed by atoms with Crippen molar-refractivity contribution in [1.29, 1.82) is 0 Å². The van der Waals surface area contributed by atoms with Gasteiger partial charge < -0.3 is 0 Å². The molecule has 0 unspecified atom stereocenters. The molecule has 0 aromatic carbocycles. The highest BCUT2D eigenvalue weighted by atomic mass is 16.1. The van der Waals surface area contributed by atoms with E-state index in [1.54, 1.807) is 29.2 Å². The van der Waals surface area contributed by atoms with Gasteiger partial charge in [0.15, 0.2) is 0 Å². The Hall–Kier alpha value is -2.05. The van der Waals surface area contributed by atoms with E-state index in [9.17, 15) is 4.79 Å². The minimum atomic E-state index is -0.0524. The molecule has 0 bridgehead atoms. The molecule has 24 heavy (non-hydrogen) atoms. The molecule has 1 saturated heterocycles. The summed E-state index contributed by atoms with van der Waals surface area (Å²) < 4.78 is 1.57. The van der Waals surface area contributed by atoms with Crippen molar-refractivity contribution < 1.29 is 0 Å². The Bertz CT molecular complexity index is 705. The third kappa shape index (κ3) is 4.07. The lowest BCUT2D eigenvalue weighted by atomic mass is 10.2. The lowest BCUT2D eigenvalue weighted by molar-refractivity contribution is 0.105. The Morgan fingerprint density at radius 2 is 1.88 bits per heavy atom. The van der Waals surface area contributed by atoms with E-state index in [1.807, 2.05) is 12.1 Å². The van der Waals surface area contributed by atoms with Gasteiger partial charge in [-0.2, -0.15) is 5.10 Å². The lowest BCUT2D eigenvalue weighted by Crippen LogP contribution is -2.49. The molecule has 3 heterocycles. The Morgan fingerprint density at radius 1 is 1.08 bits per heavy atom. The fourth-order valence-corrected chi connectivity index (χ4v) is 3.02. The summed E-state index contributed by atoms with van der Waals surface area (Å²) in [5.41, 5.74) is 1.66. The molecule has 1 aliphatic heterocycles. The molecule has 0 radical (unpaired) electrons. The van der Waals surface area contributed by atoms with Crippen LogP contribution in [0.3, 0.4) is 0 Å². The highest BCUT2D eigenvalue weighted by Gasteiger charge is 2.18. The maximum Gasteiger partial charge on any atom is 0.266 e. The molecule has 0 saturated carbocycles. The van der Waals surface area contributed by atoms with Gasteiger partial charge in [0, 0.05) is 62.8 Å². The molecule has 2 aromatic heterocycles. The Labute approximate surface area is 142 Å². The van der Waals surface area contributed by atoms with Crippen LogP contribution in [0.2, 0.25) is 0 Å². The molecule has 3 rings (SSSR count). The van der Waals surface area contributed by atoms with Crippen LogP contribution >= 0.6 is 0 Å². The molecule has 2 aromatic rings. The van der Waals surface area contributed by atoms with E-state index in [-0.39, 0.29) is 5.56 Å². The van der Waals surface area contributed by atoms with Crippen LogP contribution in [0, 0.1) is 0 Å². The standard InChI is InChI=1S/C18H25N5O/c1-15(2)22-11-8-21(9-12-22)10-13-23-18(24)6-5-17(20-23)16-4-3-7-19-14-16/h3-7,14-15H,8-13H2,1-2H3. The molecule has 128 valence electrons. The smallest absolute Gasteiger partial charge is 0.266 e. The highest BCUT2D eigenvalue weighted by molar-refractivity contribution is 5.56. The number of aromatic nitrogens is 3. The van der Waals surface area contributed by atoms with Crippen LogP contribution in [-0.2, 0) is 6.54 Å². The zero-order valence-electron chi connectivity index (χ0n) is 14.4. The molecule has 1 aliphatic rings. The van der Waals surface area contributed by atoms with Crippen molar-refractivity contribution in [3.63, 3.8) is 0 Å². The molecule has 0 atom stereocenters. The highest BCUT2D eigenvalue weighted by Crippen LogP contribution is 2.12. The maximum atomic E-state index is 12.1. The van der Waals surface area contributed by atoms with E-state index in [2.05, 4.69) is 33.7 Å². The Balaban J connectivity index is 1.63. The van der Waals surface area contributed by atoms with Crippen LogP contribution in [0.1, 0.15) is 13.8 Å². The van der Waals surface area contributed by atoms with Gasteiger partial charge in [0.05, 0.1) is 12.2 Å². The van der Waals surface area contributed by atoms with E-state index in [1.165, 1.54) is 0 Å². The van der Waals surface area contributed by atoms with Crippen LogP contribution in [-0.4, -0.2) is 63.3 Å². The molecule has 0 aliphatic carbocycles. The topological polar surface area (TPSA) is 54.3 Å². The van der Waals surface area contributed by atoms with Crippen LogP contribution in [0.5, 0.6) is 0 Å². The second kappa shape index (κ2) is 7.68. The average molecular weight is 327 g/mol. The number of hydrogen-bond acceptors (Lipinski definition) is 5. The van der Waals surface area contributed by atoms with Crippen LogP contribution in [0.15, 0.2) is 41.5 Å². The van der Waals surface area contributed by atoms with Gasteiger partial charge in [-0.3, -0.25) is 19.6 Å². The first-order chi connectivity index (χ1) is 11.6. The monoisotopic (exact) mass is 327 g/mol. The van der Waals surface area contributed by atoms with Crippen molar-refractivity contribution in [3.05, 3.63) is 47.0 Å². The second-order valence-corrected chi connectivity index (χ2v) is 6.49. The number of rotatable bonds is 5. The summed E-state index contributed by atoms with van der Waals surface area (Å²) in [4.78, 5) is 21.1. The van der Waals surface area contributed by atoms with Gasteiger partial charge in [0.1, 0.15) is 0 Å². The third-order valence-electron chi connectivity index (χ3n) is 4.59. The third-order valence-corrected chi connectivity index (χ3v) is 4.59. The van der Waals surface area contributed by atoms with Crippen molar-refractivity contribution in [2.75, 3.05) is 32.7 Å². The van der Waals surface area contributed by atoms with Crippen LogP contribution in [0.4, 0.5) is 0 Å². The molecule has 1 fully saturated rings. The van der Waals surface area contributed by atoms with Gasteiger partial charge in [-0.15, -0.1) is 0 Å². The lowest BCUT2D eigenvalue weighted by Gasteiger charge is -2.36. The normalized spacial score (nSPS) is 16.6. The number of nitrogens with zero attached hydrogens (tertiary/aromatic N) is 5. The van der Waals surface area contributed by atoms with Crippen LogP contribution < -0.4 is 5.56 Å². The summed E-state index contributed by atoms with van der Waals surface area (Å²) in [6.45, 7) is 10.2. The molecule has 0 spiro atoms. The fourth-order valence-electron chi connectivity index (χ4n) is 3.02. The van der Waals surface area contributed by atoms with Gasteiger partial charge in [0.2, 0.25) is 0 Å². The minimum Gasteiger partial charge on any atom is -0.299 e. The van der Waals surface area contributed by atoms with E-state index in [0.29, 0.717) is 12.6 Å². The molecule has 0 amide bonds. The van der Waals surface area contributed by atoms with E-state index in [4.69, 9.17) is 0 Å². The van der Waals surface area contributed by atoms with Gasteiger partial charge in [0.25, 0.3) is 5.56 Å².